The first-order valence-electron chi connectivity index (χ1n) is 7.86. The van der Waals surface area contributed by atoms with Gasteiger partial charge in [0.25, 0.3) is 5.91 Å². The summed E-state index contributed by atoms with van der Waals surface area (Å²) in [6, 6.07) is 3.33. The number of carbonyl (C=O) groups is 2. The van der Waals surface area contributed by atoms with E-state index in [1.165, 1.54) is 12.0 Å². The molecule has 0 spiro atoms. The second-order valence-electron chi connectivity index (χ2n) is 6.11. The van der Waals surface area contributed by atoms with Crippen molar-refractivity contribution < 1.29 is 19.1 Å². The van der Waals surface area contributed by atoms with E-state index in [1.807, 2.05) is 26.8 Å². The van der Waals surface area contributed by atoms with E-state index >= 15 is 0 Å². The van der Waals surface area contributed by atoms with E-state index in [2.05, 4.69) is 10.8 Å². The molecule has 0 aliphatic carbocycles. The zero-order chi connectivity index (χ0) is 18.0. The number of benzene rings is 1. The Morgan fingerprint density at radius 2 is 2.08 bits per heavy atom. The molecule has 0 saturated carbocycles. The highest BCUT2D eigenvalue weighted by Gasteiger charge is 2.41. The van der Waals surface area contributed by atoms with Gasteiger partial charge in [0.15, 0.2) is 0 Å². The first-order chi connectivity index (χ1) is 11.4. The maximum absolute atomic E-state index is 12.8. The topological polar surface area (TPSA) is 79.6 Å². The van der Waals surface area contributed by atoms with Gasteiger partial charge in [-0.3, -0.25) is 9.59 Å². The third-order valence-electron chi connectivity index (χ3n) is 4.33. The van der Waals surface area contributed by atoms with Crippen LogP contribution in [0.15, 0.2) is 6.07 Å². The molecule has 0 aromatic heterocycles. The summed E-state index contributed by atoms with van der Waals surface area (Å²) in [5.74, 6) is 0.152. The average Bonchev–Trinajstić information content (AvgIpc) is 2.84. The summed E-state index contributed by atoms with van der Waals surface area (Å²) in [6.45, 7) is 5.99. The number of carbonyl (C=O) groups excluding carboxylic acids is 2. The number of nitriles is 1. The number of hydrogen-bond donors (Lipinski definition) is 0. The van der Waals surface area contributed by atoms with Gasteiger partial charge in [-0.15, -0.1) is 0 Å². The quantitative estimate of drug-likeness (QED) is 0.776. The number of nitrogens with zero attached hydrogens (tertiary/aromatic N) is 2. The molecule has 0 fully saturated rings. The molecule has 1 amide bonds. The van der Waals surface area contributed by atoms with Gasteiger partial charge in [-0.1, -0.05) is 13.8 Å². The molecule has 1 atom stereocenters. The van der Waals surface area contributed by atoms with E-state index in [4.69, 9.17) is 4.74 Å². The van der Waals surface area contributed by atoms with E-state index in [0.29, 0.717) is 16.9 Å². The molecule has 1 aromatic rings. The number of ether oxygens (including phenoxy) is 2. The minimum atomic E-state index is -0.719. The lowest BCUT2D eigenvalue weighted by Gasteiger charge is -2.22. The van der Waals surface area contributed by atoms with Gasteiger partial charge in [0.05, 0.1) is 26.7 Å². The van der Waals surface area contributed by atoms with Gasteiger partial charge >= 0.3 is 5.97 Å². The van der Waals surface area contributed by atoms with Gasteiger partial charge in [0, 0.05) is 23.2 Å². The Kier molecular flexibility index (Phi) is 5.13. The van der Waals surface area contributed by atoms with Crippen molar-refractivity contribution in [2.45, 2.75) is 39.2 Å². The van der Waals surface area contributed by atoms with Crippen molar-refractivity contribution in [2.75, 3.05) is 20.8 Å². The molecule has 1 heterocycles. The number of aryl methyl sites for hydroxylation is 1. The lowest BCUT2D eigenvalue weighted by molar-refractivity contribution is -0.140. The van der Waals surface area contributed by atoms with Crippen molar-refractivity contribution >= 4 is 11.9 Å². The smallest absolute Gasteiger partial charge is 0.307 e. The molecule has 6 heteroatoms. The zero-order valence-electron chi connectivity index (χ0n) is 14.7. The molecule has 1 aliphatic heterocycles. The SMILES string of the molecule is COC(=O)CCN1C(=O)c2c(C)cc(OC)c(C(C)C)c2C1C#N. The molecule has 0 radical (unpaired) electrons. The number of rotatable bonds is 5. The monoisotopic (exact) mass is 330 g/mol. The van der Waals surface area contributed by atoms with Crippen molar-refractivity contribution in [1.29, 1.82) is 5.26 Å². The molecule has 2 rings (SSSR count). The van der Waals surface area contributed by atoms with Crippen LogP contribution >= 0.6 is 0 Å². The largest absolute Gasteiger partial charge is 0.496 e. The minimum Gasteiger partial charge on any atom is -0.496 e. The lowest BCUT2D eigenvalue weighted by Crippen LogP contribution is -2.30. The van der Waals surface area contributed by atoms with Gasteiger partial charge in [0.1, 0.15) is 11.8 Å². The Labute approximate surface area is 142 Å². The van der Waals surface area contributed by atoms with Crippen LogP contribution in [0.3, 0.4) is 0 Å². The van der Waals surface area contributed by atoms with Crippen molar-refractivity contribution in [3.8, 4) is 11.8 Å². The van der Waals surface area contributed by atoms with Crippen LogP contribution in [0.1, 0.15) is 59.3 Å². The van der Waals surface area contributed by atoms with Gasteiger partial charge in [-0.05, 0) is 24.5 Å². The van der Waals surface area contributed by atoms with Gasteiger partial charge in [0.2, 0.25) is 0 Å². The summed E-state index contributed by atoms with van der Waals surface area (Å²) in [5, 5.41) is 9.68. The molecule has 1 aromatic carbocycles. The van der Waals surface area contributed by atoms with E-state index in [0.717, 1.165) is 11.1 Å². The fourth-order valence-electron chi connectivity index (χ4n) is 3.25. The van der Waals surface area contributed by atoms with Gasteiger partial charge in [-0.2, -0.15) is 5.26 Å². The van der Waals surface area contributed by atoms with Gasteiger partial charge < -0.3 is 14.4 Å². The van der Waals surface area contributed by atoms with Crippen LogP contribution in [0.5, 0.6) is 5.75 Å². The van der Waals surface area contributed by atoms with E-state index in [1.54, 1.807) is 7.11 Å². The van der Waals surface area contributed by atoms with Crippen molar-refractivity contribution in [2.24, 2.45) is 0 Å². The maximum Gasteiger partial charge on any atom is 0.307 e. The molecular weight excluding hydrogens is 308 g/mol. The Balaban J connectivity index is 2.57. The number of esters is 1. The molecule has 0 N–H and O–H groups in total. The van der Waals surface area contributed by atoms with Gasteiger partial charge in [-0.25, -0.2) is 0 Å². The molecule has 6 nitrogen and oxygen atoms in total. The lowest BCUT2D eigenvalue weighted by atomic mass is 9.88. The molecule has 0 bridgehead atoms. The van der Waals surface area contributed by atoms with E-state index in [-0.39, 0.29) is 24.8 Å². The van der Waals surface area contributed by atoms with Crippen LogP contribution in [-0.4, -0.2) is 37.5 Å². The maximum atomic E-state index is 12.8. The highest BCUT2D eigenvalue weighted by Crippen LogP contribution is 2.44. The number of fused-ring (bicyclic) bond motifs is 1. The summed E-state index contributed by atoms with van der Waals surface area (Å²) >= 11 is 0. The summed E-state index contributed by atoms with van der Waals surface area (Å²) in [7, 11) is 2.89. The summed E-state index contributed by atoms with van der Waals surface area (Å²) in [5.41, 5.74) is 2.91. The molecular formula is C18H22N2O4. The standard InChI is InChI=1S/C18H22N2O4/c1-10(2)15-13(23-4)8-11(3)16-17(15)12(9-19)20(18(16)22)7-6-14(21)24-5/h8,10,12H,6-7H2,1-5H3. The van der Waals surface area contributed by atoms with Crippen LogP contribution in [0.25, 0.3) is 0 Å². The van der Waals surface area contributed by atoms with Crippen LogP contribution in [0, 0.1) is 18.3 Å². The van der Waals surface area contributed by atoms with E-state index in [9.17, 15) is 14.9 Å². The van der Waals surface area contributed by atoms with Crippen molar-refractivity contribution in [1.82, 2.24) is 4.90 Å². The molecule has 1 unspecified atom stereocenters. The second-order valence-corrected chi connectivity index (χ2v) is 6.11. The number of methoxy groups -OCH3 is 2. The normalized spacial score (nSPS) is 16.1. The Hall–Kier alpha value is -2.55. The summed E-state index contributed by atoms with van der Waals surface area (Å²) < 4.78 is 10.1. The zero-order valence-corrected chi connectivity index (χ0v) is 14.7. The Morgan fingerprint density at radius 1 is 1.42 bits per heavy atom. The number of amides is 1. The predicted octanol–water partition coefficient (Wildman–Crippen LogP) is 2.71. The molecule has 0 saturated heterocycles. The Morgan fingerprint density at radius 3 is 2.58 bits per heavy atom. The highest BCUT2D eigenvalue weighted by atomic mass is 16.5. The fraction of sp³-hybridized carbons (Fsp3) is 0.500. The first kappa shape index (κ1) is 17.8. The van der Waals surface area contributed by atoms with E-state index < -0.39 is 12.0 Å². The van der Waals surface area contributed by atoms with Crippen molar-refractivity contribution in [3.05, 3.63) is 28.3 Å². The van der Waals surface area contributed by atoms with Crippen LogP contribution < -0.4 is 4.74 Å². The highest BCUT2D eigenvalue weighted by molar-refractivity contribution is 6.02. The van der Waals surface area contributed by atoms with Crippen LogP contribution in [-0.2, 0) is 9.53 Å². The third-order valence-corrected chi connectivity index (χ3v) is 4.33. The fourth-order valence-corrected chi connectivity index (χ4v) is 3.25. The predicted molar refractivity (Wildman–Crippen MR) is 87.8 cm³/mol. The molecule has 24 heavy (non-hydrogen) atoms. The average molecular weight is 330 g/mol. The third kappa shape index (κ3) is 2.82. The van der Waals surface area contributed by atoms with Crippen LogP contribution in [0.2, 0.25) is 0 Å². The summed E-state index contributed by atoms with van der Waals surface area (Å²) in [6.07, 6.45) is 0.0571. The molecule has 128 valence electrons. The Bertz CT molecular complexity index is 719. The summed E-state index contributed by atoms with van der Waals surface area (Å²) in [4.78, 5) is 25.7. The minimum absolute atomic E-state index is 0.0571. The number of hydrogen-bond acceptors (Lipinski definition) is 5. The van der Waals surface area contributed by atoms with Crippen molar-refractivity contribution in [3.63, 3.8) is 0 Å². The first-order valence-corrected chi connectivity index (χ1v) is 7.86. The molecule has 1 aliphatic rings. The second kappa shape index (κ2) is 6.91. The van der Waals surface area contributed by atoms with Crippen LogP contribution in [0.4, 0.5) is 0 Å².